The molecule has 2 rings (SSSR count). The first-order chi connectivity index (χ1) is 7.72. The van der Waals surface area contributed by atoms with Gasteiger partial charge < -0.3 is 15.0 Å². The predicted molar refractivity (Wildman–Crippen MR) is 59.2 cm³/mol. The maximum Gasteiger partial charge on any atom is 0.240 e. The van der Waals surface area contributed by atoms with Crippen molar-refractivity contribution in [3.05, 3.63) is 29.1 Å². The van der Waals surface area contributed by atoms with Gasteiger partial charge >= 0.3 is 0 Å². The summed E-state index contributed by atoms with van der Waals surface area (Å²) < 4.78 is 10.0. The molecule has 0 radical (unpaired) electrons. The molecular weight excluding hydrogens is 230 g/mol. The third kappa shape index (κ3) is 2.15. The minimum Gasteiger partial charge on any atom is -0.497 e. The van der Waals surface area contributed by atoms with E-state index in [4.69, 9.17) is 26.6 Å². The highest BCUT2D eigenvalue weighted by atomic mass is 35.5. The summed E-state index contributed by atoms with van der Waals surface area (Å²) in [5.41, 5.74) is 6.11. The molecule has 16 heavy (non-hydrogen) atoms. The summed E-state index contributed by atoms with van der Waals surface area (Å²) in [6.07, 6.45) is 0. The number of halogens is 1. The van der Waals surface area contributed by atoms with Crippen LogP contribution >= 0.6 is 11.6 Å². The molecule has 2 N–H and O–H groups in total. The number of ether oxygens (including phenoxy) is 1. The molecule has 0 saturated heterocycles. The molecule has 0 saturated carbocycles. The van der Waals surface area contributed by atoms with Crippen molar-refractivity contribution in [3.8, 4) is 17.1 Å². The summed E-state index contributed by atoms with van der Waals surface area (Å²) in [6, 6.07) is 5.21. The van der Waals surface area contributed by atoms with Gasteiger partial charge in [-0.15, -0.1) is 0 Å². The average Bonchev–Trinajstić information content (AvgIpc) is 2.76. The SMILES string of the molecule is COc1cc(Cl)cc(-c2noc(CN)n2)c1. The molecule has 0 amide bonds. The second-order valence-corrected chi connectivity index (χ2v) is 3.53. The fraction of sp³-hybridized carbons (Fsp3) is 0.200. The van der Waals surface area contributed by atoms with Gasteiger partial charge in [-0.2, -0.15) is 4.98 Å². The van der Waals surface area contributed by atoms with Crippen LogP contribution in [-0.2, 0) is 6.54 Å². The third-order valence-electron chi connectivity index (χ3n) is 2.01. The lowest BCUT2D eigenvalue weighted by atomic mass is 10.2. The van der Waals surface area contributed by atoms with Gasteiger partial charge in [-0.25, -0.2) is 0 Å². The Labute approximate surface area is 97.2 Å². The van der Waals surface area contributed by atoms with Crippen LogP contribution in [0.15, 0.2) is 22.7 Å². The molecule has 1 heterocycles. The van der Waals surface area contributed by atoms with Crippen molar-refractivity contribution in [1.29, 1.82) is 0 Å². The van der Waals surface area contributed by atoms with E-state index in [1.54, 1.807) is 25.3 Å². The zero-order valence-electron chi connectivity index (χ0n) is 8.61. The van der Waals surface area contributed by atoms with E-state index >= 15 is 0 Å². The van der Waals surface area contributed by atoms with Crippen LogP contribution < -0.4 is 10.5 Å². The predicted octanol–water partition coefficient (Wildman–Crippen LogP) is 1.86. The number of benzene rings is 1. The molecule has 2 aromatic rings. The molecule has 0 aliphatic carbocycles. The molecule has 84 valence electrons. The van der Waals surface area contributed by atoms with E-state index in [9.17, 15) is 0 Å². The summed E-state index contributed by atoms with van der Waals surface area (Å²) in [5, 5.41) is 4.34. The molecule has 0 aliphatic rings. The monoisotopic (exact) mass is 239 g/mol. The molecular formula is C10H10ClN3O2. The van der Waals surface area contributed by atoms with Crippen LogP contribution in [0.25, 0.3) is 11.4 Å². The van der Waals surface area contributed by atoms with Gasteiger partial charge in [-0.05, 0) is 18.2 Å². The normalized spacial score (nSPS) is 10.4. The molecule has 0 fully saturated rings. The molecule has 0 unspecified atom stereocenters. The Bertz CT molecular complexity index is 499. The lowest BCUT2D eigenvalue weighted by molar-refractivity contribution is 0.380. The molecule has 0 atom stereocenters. The summed E-state index contributed by atoms with van der Waals surface area (Å²) in [5.74, 6) is 1.47. The van der Waals surface area contributed by atoms with Crippen molar-refractivity contribution < 1.29 is 9.26 Å². The number of nitrogens with zero attached hydrogens (tertiary/aromatic N) is 2. The Hall–Kier alpha value is -1.59. The third-order valence-corrected chi connectivity index (χ3v) is 2.23. The minimum atomic E-state index is 0.213. The Morgan fingerprint density at radius 3 is 2.88 bits per heavy atom. The highest BCUT2D eigenvalue weighted by molar-refractivity contribution is 6.31. The maximum atomic E-state index is 5.93. The van der Waals surface area contributed by atoms with E-state index in [0.29, 0.717) is 22.5 Å². The Kier molecular flexibility index (Phi) is 3.07. The molecule has 0 bridgehead atoms. The van der Waals surface area contributed by atoms with Crippen molar-refractivity contribution >= 4 is 11.6 Å². The van der Waals surface area contributed by atoms with Gasteiger partial charge in [0.1, 0.15) is 5.75 Å². The lowest BCUT2D eigenvalue weighted by Gasteiger charge is -2.02. The first-order valence-electron chi connectivity index (χ1n) is 4.60. The fourth-order valence-electron chi connectivity index (χ4n) is 1.26. The zero-order chi connectivity index (χ0) is 11.5. The first-order valence-corrected chi connectivity index (χ1v) is 4.98. The first kappa shape index (κ1) is 10.9. The van der Waals surface area contributed by atoms with E-state index in [-0.39, 0.29) is 6.54 Å². The van der Waals surface area contributed by atoms with E-state index < -0.39 is 0 Å². The van der Waals surface area contributed by atoms with Crippen LogP contribution in [0.5, 0.6) is 5.75 Å². The molecule has 6 heteroatoms. The largest absolute Gasteiger partial charge is 0.497 e. The van der Waals surface area contributed by atoms with Gasteiger partial charge in [0.15, 0.2) is 0 Å². The smallest absolute Gasteiger partial charge is 0.240 e. The second-order valence-electron chi connectivity index (χ2n) is 3.10. The van der Waals surface area contributed by atoms with Crippen LogP contribution in [0, 0.1) is 0 Å². The number of rotatable bonds is 3. The quantitative estimate of drug-likeness (QED) is 0.885. The summed E-state index contributed by atoms with van der Waals surface area (Å²) in [7, 11) is 1.57. The number of aromatic nitrogens is 2. The van der Waals surface area contributed by atoms with Crippen molar-refractivity contribution in [1.82, 2.24) is 10.1 Å². The highest BCUT2D eigenvalue weighted by Crippen LogP contribution is 2.26. The van der Waals surface area contributed by atoms with Gasteiger partial charge in [0.25, 0.3) is 0 Å². The van der Waals surface area contributed by atoms with Gasteiger partial charge in [0.2, 0.25) is 11.7 Å². The Morgan fingerprint density at radius 1 is 1.44 bits per heavy atom. The van der Waals surface area contributed by atoms with E-state index in [1.165, 1.54) is 0 Å². The van der Waals surface area contributed by atoms with E-state index in [0.717, 1.165) is 5.56 Å². The molecule has 5 nitrogen and oxygen atoms in total. The second kappa shape index (κ2) is 4.51. The standard InChI is InChI=1S/C10H10ClN3O2/c1-15-8-3-6(2-7(11)4-8)10-13-9(5-12)16-14-10/h2-4H,5,12H2,1H3. The summed E-state index contributed by atoms with van der Waals surface area (Å²) in [4.78, 5) is 4.10. The lowest BCUT2D eigenvalue weighted by Crippen LogP contribution is -1.95. The summed E-state index contributed by atoms with van der Waals surface area (Å²) >= 11 is 5.93. The number of hydrogen-bond donors (Lipinski definition) is 1. The number of methoxy groups -OCH3 is 1. The Morgan fingerprint density at radius 2 is 2.25 bits per heavy atom. The average molecular weight is 240 g/mol. The van der Waals surface area contributed by atoms with Crippen molar-refractivity contribution in [2.45, 2.75) is 6.54 Å². The van der Waals surface area contributed by atoms with Crippen molar-refractivity contribution in [2.24, 2.45) is 5.73 Å². The molecule has 1 aromatic heterocycles. The van der Waals surface area contributed by atoms with Gasteiger partial charge in [-0.1, -0.05) is 16.8 Å². The molecule has 1 aromatic carbocycles. The number of nitrogens with two attached hydrogens (primary N) is 1. The van der Waals surface area contributed by atoms with Crippen LogP contribution in [0.3, 0.4) is 0 Å². The van der Waals surface area contributed by atoms with Gasteiger partial charge in [0.05, 0.1) is 13.7 Å². The van der Waals surface area contributed by atoms with E-state index in [1.807, 2.05) is 0 Å². The van der Waals surface area contributed by atoms with E-state index in [2.05, 4.69) is 10.1 Å². The molecule has 0 aliphatic heterocycles. The molecule has 0 spiro atoms. The van der Waals surface area contributed by atoms with Crippen LogP contribution in [-0.4, -0.2) is 17.3 Å². The van der Waals surface area contributed by atoms with Crippen LogP contribution in [0.2, 0.25) is 5.02 Å². The van der Waals surface area contributed by atoms with Crippen LogP contribution in [0.1, 0.15) is 5.89 Å². The maximum absolute atomic E-state index is 5.93. The number of hydrogen-bond acceptors (Lipinski definition) is 5. The summed E-state index contributed by atoms with van der Waals surface area (Å²) in [6.45, 7) is 0.213. The fourth-order valence-corrected chi connectivity index (χ4v) is 1.49. The van der Waals surface area contributed by atoms with Crippen molar-refractivity contribution in [3.63, 3.8) is 0 Å². The highest BCUT2D eigenvalue weighted by Gasteiger charge is 2.09. The minimum absolute atomic E-state index is 0.213. The zero-order valence-corrected chi connectivity index (χ0v) is 9.36. The van der Waals surface area contributed by atoms with Crippen LogP contribution in [0.4, 0.5) is 0 Å². The van der Waals surface area contributed by atoms with Gasteiger partial charge in [0, 0.05) is 10.6 Å². The van der Waals surface area contributed by atoms with Gasteiger partial charge in [-0.3, -0.25) is 0 Å². The van der Waals surface area contributed by atoms with Crippen molar-refractivity contribution in [2.75, 3.05) is 7.11 Å². The Balaban J connectivity index is 2.42. The topological polar surface area (TPSA) is 74.2 Å².